The van der Waals surface area contributed by atoms with Crippen LogP contribution < -0.4 is 10.6 Å². The first-order valence-electron chi connectivity index (χ1n) is 8.58. The van der Waals surface area contributed by atoms with E-state index in [0.717, 1.165) is 41.6 Å². The number of fused-ring (bicyclic) bond motifs is 1. The molecule has 3 amide bonds. The number of imide groups is 1. The van der Waals surface area contributed by atoms with Crippen LogP contribution in [0, 0.1) is 6.92 Å². The first-order chi connectivity index (χ1) is 12.1. The van der Waals surface area contributed by atoms with E-state index in [0.29, 0.717) is 5.82 Å². The first kappa shape index (κ1) is 17.7. The highest BCUT2D eigenvalue weighted by Gasteiger charge is 2.17. The van der Waals surface area contributed by atoms with Gasteiger partial charge in [0.2, 0.25) is 5.91 Å². The van der Waals surface area contributed by atoms with Crippen molar-refractivity contribution in [3.63, 3.8) is 0 Å². The Morgan fingerprint density at radius 2 is 1.92 bits per heavy atom. The molecule has 0 bridgehead atoms. The number of rotatable bonds is 4. The third-order valence-corrected chi connectivity index (χ3v) is 5.20. The van der Waals surface area contributed by atoms with Crippen LogP contribution in [0.4, 0.5) is 4.79 Å². The summed E-state index contributed by atoms with van der Waals surface area (Å²) in [4.78, 5) is 32.8. The fourth-order valence-corrected chi connectivity index (χ4v) is 3.90. The van der Waals surface area contributed by atoms with Gasteiger partial charge in [0.1, 0.15) is 10.9 Å². The van der Waals surface area contributed by atoms with Gasteiger partial charge in [-0.25, -0.2) is 14.8 Å². The fourth-order valence-electron chi connectivity index (χ4n) is 3.03. The average Bonchev–Trinajstić information content (AvgIpc) is 2.60. The quantitative estimate of drug-likeness (QED) is 0.648. The summed E-state index contributed by atoms with van der Waals surface area (Å²) in [6.07, 6.45) is 5.47. The highest BCUT2D eigenvalue weighted by atomic mass is 32.2. The van der Waals surface area contributed by atoms with E-state index in [1.54, 1.807) is 0 Å². The molecule has 0 atom stereocenters. The maximum atomic E-state index is 12.1. The highest BCUT2D eigenvalue weighted by Crippen LogP contribution is 2.24. The molecule has 1 aromatic heterocycles. The molecule has 3 rings (SSSR count). The smallest absolute Gasteiger partial charge is 0.321 e. The molecule has 1 fully saturated rings. The van der Waals surface area contributed by atoms with Crippen LogP contribution in [-0.4, -0.2) is 33.7 Å². The Morgan fingerprint density at radius 1 is 1.16 bits per heavy atom. The second kappa shape index (κ2) is 8.29. The molecule has 25 heavy (non-hydrogen) atoms. The Bertz CT molecular complexity index is 775. The summed E-state index contributed by atoms with van der Waals surface area (Å²) in [5.41, 5.74) is 0.855. The molecule has 2 aromatic rings. The van der Waals surface area contributed by atoms with Crippen molar-refractivity contribution in [2.75, 3.05) is 5.75 Å². The van der Waals surface area contributed by atoms with Crippen LogP contribution in [0.1, 0.15) is 37.9 Å². The Hall–Kier alpha value is -2.15. The van der Waals surface area contributed by atoms with Crippen molar-refractivity contribution in [2.45, 2.75) is 50.1 Å². The van der Waals surface area contributed by atoms with Crippen molar-refractivity contribution >= 4 is 34.6 Å². The SMILES string of the molecule is Cc1nc(SCC(=O)NC(=O)NC2CCCCC2)c2ccccc2n1. The van der Waals surface area contributed by atoms with Crippen molar-refractivity contribution in [1.29, 1.82) is 0 Å². The molecule has 132 valence electrons. The number of carbonyl (C=O) groups excluding carboxylic acids is 2. The lowest BCUT2D eigenvalue weighted by atomic mass is 9.96. The van der Waals surface area contributed by atoms with Crippen molar-refractivity contribution in [3.8, 4) is 0 Å². The van der Waals surface area contributed by atoms with Crippen molar-refractivity contribution in [2.24, 2.45) is 0 Å². The van der Waals surface area contributed by atoms with Crippen molar-refractivity contribution in [3.05, 3.63) is 30.1 Å². The van der Waals surface area contributed by atoms with E-state index in [1.807, 2.05) is 31.2 Å². The Balaban J connectivity index is 1.54. The van der Waals surface area contributed by atoms with Gasteiger partial charge in [0.15, 0.2) is 0 Å². The molecule has 0 unspecified atom stereocenters. The van der Waals surface area contributed by atoms with Crippen LogP contribution in [0.2, 0.25) is 0 Å². The third kappa shape index (κ3) is 4.92. The number of amides is 3. The highest BCUT2D eigenvalue weighted by molar-refractivity contribution is 8.00. The standard InChI is InChI=1S/C18H22N4O2S/c1-12-19-15-10-6-5-9-14(15)17(20-12)25-11-16(23)22-18(24)21-13-7-3-2-4-8-13/h5-6,9-10,13H,2-4,7-8,11H2,1H3,(H2,21,22,23,24). The van der Waals surface area contributed by atoms with Crippen LogP contribution in [0.15, 0.2) is 29.3 Å². The molecule has 0 spiro atoms. The third-order valence-electron chi connectivity index (χ3n) is 4.21. The second-order valence-corrected chi connectivity index (χ2v) is 7.20. The van der Waals surface area contributed by atoms with E-state index in [2.05, 4.69) is 20.6 Å². The molecule has 7 heteroatoms. The predicted molar refractivity (Wildman–Crippen MR) is 98.5 cm³/mol. The summed E-state index contributed by atoms with van der Waals surface area (Å²) >= 11 is 1.32. The second-order valence-electron chi connectivity index (χ2n) is 6.24. The molecule has 6 nitrogen and oxygen atoms in total. The van der Waals surface area contributed by atoms with Gasteiger partial charge in [-0.05, 0) is 25.8 Å². The van der Waals surface area contributed by atoms with Crippen LogP contribution in [0.5, 0.6) is 0 Å². The average molecular weight is 358 g/mol. The molecular weight excluding hydrogens is 336 g/mol. The topological polar surface area (TPSA) is 84.0 Å². The Morgan fingerprint density at radius 3 is 2.72 bits per heavy atom. The van der Waals surface area contributed by atoms with Crippen LogP contribution in [-0.2, 0) is 4.79 Å². The number of thioether (sulfide) groups is 1. The van der Waals surface area contributed by atoms with Crippen LogP contribution in [0.3, 0.4) is 0 Å². The molecule has 2 N–H and O–H groups in total. The fraction of sp³-hybridized carbons (Fsp3) is 0.444. The zero-order chi connectivity index (χ0) is 17.6. The maximum Gasteiger partial charge on any atom is 0.321 e. The molecule has 0 radical (unpaired) electrons. The monoisotopic (exact) mass is 358 g/mol. The minimum absolute atomic E-state index is 0.137. The number of nitrogens with one attached hydrogen (secondary N) is 2. The van der Waals surface area contributed by atoms with Gasteiger partial charge in [0.05, 0.1) is 11.3 Å². The number of carbonyl (C=O) groups is 2. The van der Waals surface area contributed by atoms with E-state index < -0.39 is 6.03 Å². The molecule has 1 aliphatic rings. The van der Waals surface area contributed by atoms with Gasteiger partial charge in [0, 0.05) is 11.4 Å². The Labute approximate surface area is 151 Å². The molecule has 1 heterocycles. The number of benzene rings is 1. The van der Waals surface area contributed by atoms with Crippen LogP contribution in [0.25, 0.3) is 10.9 Å². The van der Waals surface area contributed by atoms with Gasteiger partial charge in [-0.1, -0.05) is 49.2 Å². The van der Waals surface area contributed by atoms with Gasteiger partial charge >= 0.3 is 6.03 Å². The first-order valence-corrected chi connectivity index (χ1v) is 9.57. The van der Waals surface area contributed by atoms with Gasteiger partial charge in [0.25, 0.3) is 0 Å². The molecule has 0 saturated heterocycles. The van der Waals surface area contributed by atoms with E-state index in [9.17, 15) is 9.59 Å². The van der Waals surface area contributed by atoms with E-state index in [-0.39, 0.29) is 17.7 Å². The summed E-state index contributed by atoms with van der Waals surface area (Å²) in [5, 5.41) is 6.96. The van der Waals surface area contributed by atoms with Gasteiger partial charge in [-0.2, -0.15) is 0 Å². The number of aryl methyl sites for hydroxylation is 1. The maximum absolute atomic E-state index is 12.1. The van der Waals surface area contributed by atoms with E-state index in [1.165, 1.54) is 18.2 Å². The van der Waals surface area contributed by atoms with Crippen LogP contribution >= 0.6 is 11.8 Å². The van der Waals surface area contributed by atoms with E-state index >= 15 is 0 Å². The summed E-state index contributed by atoms with van der Waals surface area (Å²) in [6.45, 7) is 1.83. The molecule has 1 aliphatic carbocycles. The summed E-state index contributed by atoms with van der Waals surface area (Å²) in [6, 6.07) is 7.48. The lowest BCUT2D eigenvalue weighted by Gasteiger charge is -2.22. The predicted octanol–water partition coefficient (Wildman–Crippen LogP) is 3.19. The number of hydrogen-bond acceptors (Lipinski definition) is 5. The lowest BCUT2D eigenvalue weighted by molar-refractivity contribution is -0.117. The Kier molecular flexibility index (Phi) is 5.86. The minimum Gasteiger partial charge on any atom is -0.335 e. The lowest BCUT2D eigenvalue weighted by Crippen LogP contribution is -2.45. The minimum atomic E-state index is -0.402. The summed E-state index contributed by atoms with van der Waals surface area (Å²) < 4.78 is 0. The van der Waals surface area contributed by atoms with E-state index in [4.69, 9.17) is 0 Å². The summed E-state index contributed by atoms with van der Waals surface area (Å²) in [5.74, 6) is 0.480. The molecule has 1 aromatic carbocycles. The summed E-state index contributed by atoms with van der Waals surface area (Å²) in [7, 11) is 0. The number of aromatic nitrogens is 2. The number of urea groups is 1. The van der Waals surface area contributed by atoms with Crippen molar-refractivity contribution in [1.82, 2.24) is 20.6 Å². The molecular formula is C18H22N4O2S. The van der Waals surface area contributed by atoms with Gasteiger partial charge in [-0.3, -0.25) is 10.1 Å². The number of hydrogen-bond donors (Lipinski definition) is 2. The normalized spacial score (nSPS) is 15.1. The number of para-hydroxylation sites is 1. The largest absolute Gasteiger partial charge is 0.335 e. The van der Waals surface area contributed by atoms with Gasteiger partial charge in [-0.15, -0.1) is 0 Å². The molecule has 1 saturated carbocycles. The zero-order valence-electron chi connectivity index (χ0n) is 14.2. The molecule has 0 aliphatic heterocycles. The zero-order valence-corrected chi connectivity index (χ0v) is 15.1. The number of nitrogens with zero attached hydrogens (tertiary/aromatic N) is 2. The van der Waals surface area contributed by atoms with Gasteiger partial charge < -0.3 is 5.32 Å². The van der Waals surface area contributed by atoms with Crippen molar-refractivity contribution < 1.29 is 9.59 Å².